The van der Waals surface area contributed by atoms with Crippen molar-refractivity contribution in [1.82, 2.24) is 0 Å². The summed E-state index contributed by atoms with van der Waals surface area (Å²) in [4.78, 5) is 0. The number of nitrogens with one attached hydrogen (secondary N) is 1. The van der Waals surface area contributed by atoms with Crippen molar-refractivity contribution in [3.8, 4) is 6.07 Å². The van der Waals surface area contributed by atoms with E-state index in [9.17, 15) is 0 Å². The topological polar surface area (TPSA) is 35.8 Å². The maximum absolute atomic E-state index is 8.66. The van der Waals surface area contributed by atoms with E-state index in [4.69, 9.17) is 16.9 Å². The highest BCUT2D eigenvalue weighted by Gasteiger charge is 1.99. The van der Waals surface area contributed by atoms with Crippen molar-refractivity contribution in [2.24, 2.45) is 0 Å². The molecule has 1 aromatic carbocycles. The molecule has 0 aromatic heterocycles. The van der Waals surface area contributed by atoms with Crippen LogP contribution in [0, 0.1) is 11.3 Å². The van der Waals surface area contributed by atoms with Crippen molar-refractivity contribution in [2.75, 3.05) is 11.9 Å². The third-order valence-electron chi connectivity index (χ3n) is 1.66. The van der Waals surface area contributed by atoms with Gasteiger partial charge in [-0.05, 0) is 24.6 Å². The van der Waals surface area contributed by atoms with Gasteiger partial charge in [-0.2, -0.15) is 5.26 Å². The fourth-order valence-corrected chi connectivity index (χ4v) is 1.17. The van der Waals surface area contributed by atoms with Gasteiger partial charge in [0.05, 0.1) is 22.3 Å². The molecule has 0 aliphatic heterocycles. The number of halogens is 1. The summed E-state index contributed by atoms with van der Waals surface area (Å²) in [6.45, 7) is 2.95. The molecule has 0 aliphatic rings. The van der Waals surface area contributed by atoms with E-state index in [0.29, 0.717) is 10.6 Å². The normalized spacial score (nSPS) is 9.31. The highest BCUT2D eigenvalue weighted by Crippen LogP contribution is 2.22. The zero-order valence-electron chi connectivity index (χ0n) is 7.47. The lowest BCUT2D eigenvalue weighted by Crippen LogP contribution is -2.00. The van der Waals surface area contributed by atoms with Crippen LogP contribution >= 0.6 is 11.6 Å². The lowest BCUT2D eigenvalue weighted by atomic mass is 10.2. The van der Waals surface area contributed by atoms with Gasteiger partial charge in [0.2, 0.25) is 0 Å². The van der Waals surface area contributed by atoms with Crippen LogP contribution in [0.3, 0.4) is 0 Å². The van der Waals surface area contributed by atoms with Gasteiger partial charge < -0.3 is 5.32 Å². The third kappa shape index (κ3) is 2.64. The Morgan fingerprint density at radius 1 is 1.54 bits per heavy atom. The van der Waals surface area contributed by atoms with Crippen LogP contribution in [-0.2, 0) is 0 Å². The molecule has 0 aliphatic carbocycles. The molecule has 0 atom stereocenters. The van der Waals surface area contributed by atoms with Crippen molar-refractivity contribution in [3.63, 3.8) is 0 Å². The molecule has 0 spiro atoms. The summed E-state index contributed by atoms with van der Waals surface area (Å²) in [6, 6.07) is 7.28. The predicted octanol–water partition coefficient (Wildman–Crippen LogP) is 3.03. The van der Waals surface area contributed by atoms with E-state index in [1.165, 1.54) is 0 Å². The van der Waals surface area contributed by atoms with Gasteiger partial charge in [0, 0.05) is 6.54 Å². The summed E-state index contributed by atoms with van der Waals surface area (Å²) in [7, 11) is 0. The zero-order chi connectivity index (χ0) is 9.68. The first-order valence-electron chi connectivity index (χ1n) is 4.21. The first-order chi connectivity index (χ1) is 6.27. The van der Waals surface area contributed by atoms with Crippen LogP contribution < -0.4 is 5.32 Å². The Morgan fingerprint density at radius 2 is 2.31 bits per heavy atom. The van der Waals surface area contributed by atoms with Crippen molar-refractivity contribution in [3.05, 3.63) is 28.8 Å². The number of anilines is 1. The average Bonchev–Trinajstić information content (AvgIpc) is 2.17. The summed E-state index contributed by atoms with van der Waals surface area (Å²) in [5.41, 5.74) is 1.46. The van der Waals surface area contributed by atoms with E-state index in [1.807, 2.05) is 0 Å². The Kier molecular flexibility index (Phi) is 3.60. The van der Waals surface area contributed by atoms with Gasteiger partial charge in [0.25, 0.3) is 0 Å². The van der Waals surface area contributed by atoms with Crippen LogP contribution in [0.1, 0.15) is 18.9 Å². The Balaban J connectivity index is 2.85. The molecule has 0 amide bonds. The van der Waals surface area contributed by atoms with E-state index >= 15 is 0 Å². The van der Waals surface area contributed by atoms with E-state index in [0.717, 1.165) is 18.7 Å². The lowest BCUT2D eigenvalue weighted by molar-refractivity contribution is 0.980. The minimum Gasteiger partial charge on any atom is -0.384 e. The van der Waals surface area contributed by atoms with Gasteiger partial charge in [-0.15, -0.1) is 0 Å². The van der Waals surface area contributed by atoms with E-state index in [-0.39, 0.29) is 0 Å². The molecule has 3 heteroatoms. The van der Waals surface area contributed by atoms with Crippen molar-refractivity contribution in [1.29, 1.82) is 5.26 Å². The second-order valence-corrected chi connectivity index (χ2v) is 3.14. The molecular formula is C10H11ClN2. The molecule has 13 heavy (non-hydrogen) atoms. The summed E-state index contributed by atoms with van der Waals surface area (Å²) in [5, 5.41) is 12.5. The number of nitrogens with zero attached hydrogens (tertiary/aromatic N) is 1. The summed E-state index contributed by atoms with van der Waals surface area (Å²) in [6.07, 6.45) is 1.03. The van der Waals surface area contributed by atoms with E-state index < -0.39 is 0 Å². The minimum absolute atomic E-state index is 0.628. The summed E-state index contributed by atoms with van der Waals surface area (Å²) in [5.74, 6) is 0. The highest BCUT2D eigenvalue weighted by molar-refractivity contribution is 6.33. The summed E-state index contributed by atoms with van der Waals surface area (Å²) >= 11 is 5.92. The molecule has 0 heterocycles. The molecule has 0 bridgehead atoms. The zero-order valence-corrected chi connectivity index (χ0v) is 8.23. The Bertz CT molecular complexity index is 328. The number of nitriles is 1. The molecule has 0 fully saturated rings. The molecule has 0 saturated heterocycles. The first kappa shape index (κ1) is 9.88. The van der Waals surface area contributed by atoms with Crippen molar-refractivity contribution in [2.45, 2.75) is 13.3 Å². The fraction of sp³-hybridized carbons (Fsp3) is 0.300. The smallest absolute Gasteiger partial charge is 0.0992 e. The number of hydrogen-bond acceptors (Lipinski definition) is 2. The second-order valence-electron chi connectivity index (χ2n) is 2.73. The standard InChI is InChI=1S/C10H11ClN2/c1-2-5-13-10-6-8(7-12)3-4-9(10)11/h3-4,6,13H,2,5H2,1H3. The van der Waals surface area contributed by atoms with Crippen molar-refractivity contribution >= 4 is 17.3 Å². The quantitative estimate of drug-likeness (QED) is 0.803. The van der Waals surface area contributed by atoms with Crippen LogP contribution in [0.2, 0.25) is 5.02 Å². The van der Waals surface area contributed by atoms with Crippen LogP contribution in [0.25, 0.3) is 0 Å². The Morgan fingerprint density at radius 3 is 2.92 bits per heavy atom. The molecule has 2 nitrogen and oxygen atoms in total. The number of hydrogen-bond donors (Lipinski definition) is 1. The van der Waals surface area contributed by atoms with Crippen LogP contribution in [0.15, 0.2) is 18.2 Å². The van der Waals surface area contributed by atoms with Gasteiger partial charge in [-0.3, -0.25) is 0 Å². The number of rotatable bonds is 3. The van der Waals surface area contributed by atoms with Crippen LogP contribution in [0.5, 0.6) is 0 Å². The molecule has 1 aromatic rings. The van der Waals surface area contributed by atoms with E-state index in [2.05, 4.69) is 18.3 Å². The lowest BCUT2D eigenvalue weighted by Gasteiger charge is -2.06. The Labute approximate surface area is 83.1 Å². The maximum atomic E-state index is 8.66. The largest absolute Gasteiger partial charge is 0.384 e. The van der Waals surface area contributed by atoms with Crippen molar-refractivity contribution < 1.29 is 0 Å². The second kappa shape index (κ2) is 4.74. The monoisotopic (exact) mass is 194 g/mol. The third-order valence-corrected chi connectivity index (χ3v) is 1.99. The van der Waals surface area contributed by atoms with Gasteiger partial charge in [-0.1, -0.05) is 18.5 Å². The molecule has 0 unspecified atom stereocenters. The molecular weight excluding hydrogens is 184 g/mol. The van der Waals surface area contributed by atoms with Crippen LogP contribution in [0.4, 0.5) is 5.69 Å². The SMILES string of the molecule is CCCNc1cc(C#N)ccc1Cl. The first-order valence-corrected chi connectivity index (χ1v) is 4.59. The molecule has 68 valence electrons. The maximum Gasteiger partial charge on any atom is 0.0992 e. The number of benzene rings is 1. The van der Waals surface area contributed by atoms with Gasteiger partial charge >= 0.3 is 0 Å². The molecule has 0 saturated carbocycles. The predicted molar refractivity (Wildman–Crippen MR) is 54.9 cm³/mol. The molecule has 0 radical (unpaired) electrons. The Hall–Kier alpha value is -1.20. The minimum atomic E-state index is 0.628. The highest BCUT2D eigenvalue weighted by atomic mass is 35.5. The average molecular weight is 195 g/mol. The van der Waals surface area contributed by atoms with Gasteiger partial charge in [0.15, 0.2) is 0 Å². The van der Waals surface area contributed by atoms with E-state index in [1.54, 1.807) is 18.2 Å². The summed E-state index contributed by atoms with van der Waals surface area (Å²) < 4.78 is 0. The molecule has 1 rings (SSSR count). The van der Waals surface area contributed by atoms with Crippen LogP contribution in [-0.4, -0.2) is 6.54 Å². The van der Waals surface area contributed by atoms with Gasteiger partial charge in [-0.25, -0.2) is 0 Å². The fourth-order valence-electron chi connectivity index (χ4n) is 0.990. The molecule has 1 N–H and O–H groups in total. The van der Waals surface area contributed by atoms with Gasteiger partial charge in [0.1, 0.15) is 0 Å².